The SMILES string of the molecule is CC1(C)[C@H](C(=O)Nc2nncs2)[C@@H]1C(=O)O. The molecule has 86 valence electrons. The van der Waals surface area contributed by atoms with Gasteiger partial charge in [-0.3, -0.25) is 9.59 Å². The van der Waals surface area contributed by atoms with E-state index in [9.17, 15) is 9.59 Å². The Morgan fingerprint density at radius 2 is 2.19 bits per heavy atom. The predicted molar refractivity (Wildman–Crippen MR) is 56.9 cm³/mol. The first-order valence-corrected chi connectivity index (χ1v) is 5.62. The van der Waals surface area contributed by atoms with Crippen LogP contribution in [0.2, 0.25) is 0 Å². The summed E-state index contributed by atoms with van der Waals surface area (Å²) in [5, 5.41) is 19.2. The van der Waals surface area contributed by atoms with Crippen LogP contribution in [-0.4, -0.2) is 27.2 Å². The first-order valence-electron chi connectivity index (χ1n) is 4.74. The Labute approximate surface area is 95.7 Å². The molecule has 1 heterocycles. The number of hydrogen-bond donors (Lipinski definition) is 2. The topological polar surface area (TPSA) is 92.2 Å². The molecule has 0 unspecified atom stereocenters. The van der Waals surface area contributed by atoms with E-state index in [0.717, 1.165) is 0 Å². The number of rotatable bonds is 3. The summed E-state index contributed by atoms with van der Waals surface area (Å²) in [4.78, 5) is 22.7. The van der Waals surface area contributed by atoms with Crippen LogP contribution in [0.25, 0.3) is 0 Å². The summed E-state index contributed by atoms with van der Waals surface area (Å²) in [5.74, 6) is -2.33. The number of amides is 1. The molecule has 0 saturated heterocycles. The van der Waals surface area contributed by atoms with Crippen LogP contribution >= 0.6 is 11.3 Å². The number of aromatic nitrogens is 2. The first-order chi connectivity index (χ1) is 7.44. The average molecular weight is 241 g/mol. The number of carbonyl (C=O) groups excluding carboxylic acids is 1. The van der Waals surface area contributed by atoms with Crippen molar-refractivity contribution >= 4 is 28.3 Å². The molecule has 1 fully saturated rings. The Bertz CT molecular complexity index is 429. The minimum absolute atomic E-state index is 0.297. The highest BCUT2D eigenvalue weighted by Crippen LogP contribution is 2.58. The molecule has 7 heteroatoms. The van der Waals surface area contributed by atoms with Gasteiger partial charge in [0.25, 0.3) is 0 Å². The van der Waals surface area contributed by atoms with Gasteiger partial charge in [0.05, 0.1) is 11.8 Å². The molecular weight excluding hydrogens is 230 g/mol. The number of aliphatic carboxylic acids is 1. The third-order valence-electron chi connectivity index (χ3n) is 2.97. The van der Waals surface area contributed by atoms with Crippen molar-refractivity contribution in [1.82, 2.24) is 10.2 Å². The molecule has 2 atom stereocenters. The van der Waals surface area contributed by atoms with Crippen LogP contribution in [-0.2, 0) is 9.59 Å². The maximum absolute atomic E-state index is 11.8. The van der Waals surface area contributed by atoms with E-state index in [0.29, 0.717) is 5.13 Å². The lowest BCUT2D eigenvalue weighted by atomic mass is 10.1. The fourth-order valence-corrected chi connectivity index (χ4v) is 2.45. The van der Waals surface area contributed by atoms with Gasteiger partial charge in [-0.15, -0.1) is 10.2 Å². The van der Waals surface area contributed by atoms with Crippen molar-refractivity contribution in [3.8, 4) is 0 Å². The van der Waals surface area contributed by atoms with Gasteiger partial charge >= 0.3 is 5.97 Å². The van der Waals surface area contributed by atoms with Crippen molar-refractivity contribution in [1.29, 1.82) is 0 Å². The summed E-state index contributed by atoms with van der Waals surface area (Å²) in [5.41, 5.74) is 1.02. The lowest BCUT2D eigenvalue weighted by Gasteiger charge is -2.01. The molecule has 1 aliphatic rings. The number of nitrogens with one attached hydrogen (secondary N) is 1. The highest BCUT2D eigenvalue weighted by Gasteiger charge is 2.65. The Hall–Kier alpha value is -1.50. The van der Waals surface area contributed by atoms with Crippen LogP contribution in [0, 0.1) is 17.3 Å². The molecule has 1 aliphatic carbocycles. The van der Waals surface area contributed by atoms with Crippen LogP contribution in [0.15, 0.2) is 5.51 Å². The van der Waals surface area contributed by atoms with Gasteiger partial charge in [-0.2, -0.15) is 0 Å². The highest BCUT2D eigenvalue weighted by molar-refractivity contribution is 7.13. The van der Waals surface area contributed by atoms with Crippen molar-refractivity contribution in [3.05, 3.63) is 5.51 Å². The zero-order valence-electron chi connectivity index (χ0n) is 8.80. The Kier molecular flexibility index (Phi) is 2.42. The van der Waals surface area contributed by atoms with Crippen LogP contribution in [0.1, 0.15) is 13.8 Å². The molecule has 0 radical (unpaired) electrons. The molecule has 0 bridgehead atoms. The standard InChI is InChI=1S/C9H11N3O3S/c1-9(2)4(5(9)7(14)15)6(13)11-8-12-10-3-16-8/h3-5H,1-2H3,(H,14,15)(H,11,12,13)/t4-,5+/m0/s1. The maximum Gasteiger partial charge on any atom is 0.307 e. The monoisotopic (exact) mass is 241 g/mol. The van der Waals surface area contributed by atoms with Crippen LogP contribution in [0.5, 0.6) is 0 Å². The minimum atomic E-state index is -0.928. The van der Waals surface area contributed by atoms with Gasteiger partial charge in [-0.05, 0) is 5.41 Å². The number of hydrogen-bond acceptors (Lipinski definition) is 5. The second-order valence-electron chi connectivity index (χ2n) is 4.35. The number of carboxylic acid groups (broad SMARTS) is 1. The number of nitrogens with zero attached hydrogens (tertiary/aromatic N) is 2. The zero-order chi connectivity index (χ0) is 11.9. The smallest absolute Gasteiger partial charge is 0.307 e. The molecule has 1 amide bonds. The van der Waals surface area contributed by atoms with E-state index in [-0.39, 0.29) is 5.91 Å². The molecular formula is C9H11N3O3S. The fraction of sp³-hybridized carbons (Fsp3) is 0.556. The summed E-state index contributed by atoms with van der Waals surface area (Å²) in [6, 6.07) is 0. The molecule has 16 heavy (non-hydrogen) atoms. The summed E-state index contributed by atoms with van der Waals surface area (Å²) in [6.07, 6.45) is 0. The molecule has 2 N–H and O–H groups in total. The van der Waals surface area contributed by atoms with Crippen LogP contribution in [0.4, 0.5) is 5.13 Å². The normalized spacial score (nSPS) is 26.1. The second kappa shape index (κ2) is 3.51. The number of carboxylic acids is 1. The van der Waals surface area contributed by atoms with E-state index in [1.807, 2.05) is 0 Å². The van der Waals surface area contributed by atoms with Crippen molar-refractivity contribution in [3.63, 3.8) is 0 Å². The van der Waals surface area contributed by atoms with Gasteiger partial charge < -0.3 is 10.4 Å². The predicted octanol–water partition coefficient (Wildman–Crippen LogP) is 0.833. The Morgan fingerprint density at radius 1 is 1.50 bits per heavy atom. The summed E-state index contributed by atoms with van der Waals surface area (Å²) < 4.78 is 0. The molecule has 0 spiro atoms. The van der Waals surface area contributed by atoms with E-state index < -0.39 is 23.2 Å². The second-order valence-corrected chi connectivity index (χ2v) is 5.18. The van der Waals surface area contributed by atoms with E-state index in [1.54, 1.807) is 13.8 Å². The summed E-state index contributed by atoms with van der Waals surface area (Å²) in [6.45, 7) is 3.55. The minimum Gasteiger partial charge on any atom is -0.481 e. The van der Waals surface area contributed by atoms with Crippen molar-refractivity contribution in [2.45, 2.75) is 13.8 Å². The molecule has 1 aromatic heterocycles. The number of carbonyl (C=O) groups is 2. The zero-order valence-corrected chi connectivity index (χ0v) is 9.61. The van der Waals surface area contributed by atoms with Crippen molar-refractivity contribution in [2.24, 2.45) is 17.3 Å². The van der Waals surface area contributed by atoms with Crippen molar-refractivity contribution in [2.75, 3.05) is 5.32 Å². The molecule has 0 aliphatic heterocycles. The Morgan fingerprint density at radius 3 is 2.62 bits per heavy atom. The van der Waals surface area contributed by atoms with Crippen LogP contribution in [0.3, 0.4) is 0 Å². The molecule has 2 rings (SSSR count). The van der Waals surface area contributed by atoms with E-state index in [1.165, 1.54) is 16.8 Å². The average Bonchev–Trinajstić information content (AvgIpc) is 2.58. The van der Waals surface area contributed by atoms with Gasteiger partial charge in [0.15, 0.2) is 0 Å². The van der Waals surface area contributed by atoms with E-state index in [2.05, 4.69) is 15.5 Å². The molecule has 0 aromatic carbocycles. The van der Waals surface area contributed by atoms with Gasteiger partial charge in [0.2, 0.25) is 11.0 Å². The lowest BCUT2D eigenvalue weighted by molar-refractivity contribution is -0.140. The maximum atomic E-state index is 11.8. The fourth-order valence-electron chi connectivity index (χ4n) is 2.00. The quantitative estimate of drug-likeness (QED) is 0.817. The highest BCUT2D eigenvalue weighted by atomic mass is 32.1. The van der Waals surface area contributed by atoms with E-state index in [4.69, 9.17) is 5.11 Å². The van der Waals surface area contributed by atoms with Gasteiger partial charge in [-0.25, -0.2) is 0 Å². The van der Waals surface area contributed by atoms with Gasteiger partial charge in [0.1, 0.15) is 5.51 Å². The molecule has 6 nitrogen and oxygen atoms in total. The van der Waals surface area contributed by atoms with Gasteiger partial charge in [-0.1, -0.05) is 25.2 Å². The Balaban J connectivity index is 2.05. The van der Waals surface area contributed by atoms with Crippen molar-refractivity contribution < 1.29 is 14.7 Å². The summed E-state index contributed by atoms with van der Waals surface area (Å²) >= 11 is 1.20. The van der Waals surface area contributed by atoms with Crippen LogP contribution < -0.4 is 5.32 Å². The van der Waals surface area contributed by atoms with E-state index >= 15 is 0 Å². The van der Waals surface area contributed by atoms with Gasteiger partial charge in [0, 0.05) is 0 Å². The summed E-state index contributed by atoms with van der Waals surface area (Å²) in [7, 11) is 0. The number of anilines is 1. The largest absolute Gasteiger partial charge is 0.481 e. The first kappa shape index (κ1) is 11.0. The molecule has 1 saturated carbocycles. The third kappa shape index (κ3) is 1.67. The molecule has 1 aromatic rings. The third-order valence-corrected chi connectivity index (χ3v) is 3.57. The lowest BCUT2D eigenvalue weighted by Crippen LogP contribution is -2.17.